The molecule has 0 fully saturated rings. The maximum Gasteiger partial charge on any atom is 0.305 e. The van der Waals surface area contributed by atoms with E-state index >= 15 is 0 Å². The Bertz CT molecular complexity index is 647. The first kappa shape index (κ1) is 45.8. The third-order valence-corrected chi connectivity index (χ3v) is 6.30. The van der Waals surface area contributed by atoms with Crippen molar-refractivity contribution in [2.45, 2.75) is 51.4 Å². The molecule has 0 rings (SSSR count). The lowest BCUT2D eigenvalue weighted by atomic mass is 10.2. The van der Waals surface area contributed by atoms with Gasteiger partial charge in [0.1, 0.15) is 6.61 Å². The second-order valence-electron chi connectivity index (χ2n) is 10.0. The predicted molar refractivity (Wildman–Crippen MR) is 174 cm³/mol. The normalized spacial score (nSPS) is 11.3. The largest absolute Gasteiger partial charge is 0.481 e. The van der Waals surface area contributed by atoms with Crippen molar-refractivity contribution in [2.24, 2.45) is 0 Å². The molecule has 0 saturated carbocycles. The summed E-state index contributed by atoms with van der Waals surface area (Å²) < 4.78 is 59.5. The Kier molecular flexibility index (Phi) is 40.0. The Morgan fingerprint density at radius 3 is 1.00 bits per heavy atom. The average Bonchev–Trinajstić information content (AvgIpc) is 3.06. The van der Waals surface area contributed by atoms with Gasteiger partial charge in [0.25, 0.3) is 0 Å². The molecule has 0 aromatic carbocycles. The lowest BCUT2D eigenvalue weighted by Gasteiger charge is -2.09. The Labute approximate surface area is 286 Å². The van der Waals surface area contributed by atoms with Crippen LogP contribution in [0.2, 0.25) is 0 Å². The molecule has 0 aromatic rings. The number of esters is 1. The maximum atomic E-state index is 11.5. The molecule has 15 heteroatoms. The van der Waals surface area contributed by atoms with Crippen molar-refractivity contribution in [3.8, 4) is 0 Å². The average molecular weight is 705 g/mol. The molecule has 14 nitrogen and oxygen atoms in total. The number of halogens is 1. The van der Waals surface area contributed by atoms with Crippen molar-refractivity contribution in [3.05, 3.63) is 0 Å². The van der Waals surface area contributed by atoms with Gasteiger partial charge in [-0.15, -0.1) is 11.6 Å². The number of rotatable bonds is 41. The summed E-state index contributed by atoms with van der Waals surface area (Å²) in [5.74, 6) is -0.471. The van der Waals surface area contributed by atoms with Crippen molar-refractivity contribution < 1.29 is 66.8 Å². The molecule has 0 amide bonds. The highest BCUT2D eigenvalue weighted by Crippen LogP contribution is 2.02. The third kappa shape index (κ3) is 42.8. The summed E-state index contributed by atoms with van der Waals surface area (Å²) in [5.41, 5.74) is 0. The minimum Gasteiger partial charge on any atom is -0.481 e. The van der Waals surface area contributed by atoms with Gasteiger partial charge in [-0.05, 0) is 25.7 Å². The molecular formula is C32H61ClO14. The molecule has 0 saturated heterocycles. The number of unbranched alkanes of at least 4 members (excludes halogenated alkanes) is 4. The van der Waals surface area contributed by atoms with Crippen LogP contribution in [0.15, 0.2) is 0 Å². The van der Waals surface area contributed by atoms with E-state index in [0.29, 0.717) is 132 Å². The van der Waals surface area contributed by atoms with Crippen LogP contribution >= 0.6 is 11.6 Å². The van der Waals surface area contributed by atoms with Gasteiger partial charge in [-0.3, -0.25) is 9.59 Å². The molecule has 0 aliphatic carbocycles. The number of hydrogen-bond donors (Lipinski definition) is 1. The molecule has 0 aromatic heterocycles. The molecule has 280 valence electrons. The van der Waals surface area contributed by atoms with Crippen molar-refractivity contribution in [2.75, 3.05) is 145 Å². The van der Waals surface area contributed by atoms with E-state index in [1.807, 2.05) is 0 Å². The van der Waals surface area contributed by atoms with E-state index in [9.17, 15) is 9.59 Å². The number of alkyl halides is 1. The number of hydrogen-bond acceptors (Lipinski definition) is 13. The molecule has 0 atom stereocenters. The van der Waals surface area contributed by atoms with Gasteiger partial charge >= 0.3 is 11.9 Å². The number of carboxylic acids is 1. The maximum absolute atomic E-state index is 11.5. The summed E-state index contributed by atoms with van der Waals surface area (Å²) in [5, 5.41) is 8.55. The highest BCUT2D eigenvalue weighted by atomic mass is 35.5. The van der Waals surface area contributed by atoms with E-state index in [2.05, 4.69) is 0 Å². The van der Waals surface area contributed by atoms with Gasteiger partial charge in [-0.2, -0.15) is 0 Å². The Morgan fingerprint density at radius 2 is 0.660 bits per heavy atom. The van der Waals surface area contributed by atoms with Crippen LogP contribution in [0.3, 0.4) is 0 Å². The third-order valence-electron chi connectivity index (χ3n) is 6.03. The number of carbonyl (C=O) groups is 2. The summed E-state index contributed by atoms with van der Waals surface area (Å²) in [6.07, 6.45) is 5.71. The van der Waals surface area contributed by atoms with Crippen LogP contribution in [-0.4, -0.2) is 162 Å². The molecule has 47 heavy (non-hydrogen) atoms. The quantitative estimate of drug-likeness (QED) is 0.0563. The van der Waals surface area contributed by atoms with Crippen molar-refractivity contribution in [1.82, 2.24) is 0 Å². The lowest BCUT2D eigenvalue weighted by molar-refractivity contribution is -0.146. The van der Waals surface area contributed by atoms with Gasteiger partial charge < -0.3 is 57.2 Å². The molecule has 0 aliphatic rings. The van der Waals surface area contributed by atoms with Crippen LogP contribution in [0.25, 0.3) is 0 Å². The Morgan fingerprint density at radius 1 is 0.362 bits per heavy atom. The zero-order valence-corrected chi connectivity index (χ0v) is 29.1. The number of aliphatic carboxylic acids is 1. The molecule has 0 aliphatic heterocycles. The minimum atomic E-state index is -0.862. The van der Waals surface area contributed by atoms with Crippen molar-refractivity contribution in [3.63, 3.8) is 0 Å². The first-order chi connectivity index (χ1) is 23.2. The summed E-state index contributed by atoms with van der Waals surface area (Å²) >= 11 is 5.65. The minimum absolute atomic E-state index is 0.0608. The number of carbonyl (C=O) groups excluding carboxylic acids is 1. The van der Waals surface area contributed by atoms with Crippen LogP contribution in [0.5, 0.6) is 0 Å². The number of carboxylic acid groups (broad SMARTS) is 1. The van der Waals surface area contributed by atoms with Crippen molar-refractivity contribution in [1.29, 1.82) is 0 Å². The van der Waals surface area contributed by atoms with E-state index in [0.717, 1.165) is 38.2 Å². The monoisotopic (exact) mass is 704 g/mol. The first-order valence-electron chi connectivity index (χ1n) is 16.9. The highest BCUT2D eigenvalue weighted by Gasteiger charge is 2.04. The summed E-state index contributed by atoms with van der Waals surface area (Å²) in [6.45, 7) is 10.1. The first-order valence-corrected chi connectivity index (χ1v) is 17.4. The van der Waals surface area contributed by atoms with Crippen LogP contribution in [0.1, 0.15) is 51.4 Å². The van der Waals surface area contributed by atoms with Crippen LogP contribution < -0.4 is 0 Å². The van der Waals surface area contributed by atoms with Gasteiger partial charge in [-0.25, -0.2) is 0 Å². The zero-order chi connectivity index (χ0) is 34.1. The SMILES string of the molecule is O=C(O)CCCCC(=O)OCCOCCOCCOCCOCCOCCOCCOCCOCCOCCOCCCCCCCl. The van der Waals surface area contributed by atoms with Crippen LogP contribution in [0, 0.1) is 0 Å². The predicted octanol–water partition coefficient (Wildman–Crippen LogP) is 3.14. The van der Waals surface area contributed by atoms with Gasteiger partial charge in [0.2, 0.25) is 0 Å². The van der Waals surface area contributed by atoms with E-state index in [1.165, 1.54) is 0 Å². The van der Waals surface area contributed by atoms with E-state index in [4.69, 9.17) is 68.8 Å². The van der Waals surface area contributed by atoms with Crippen LogP contribution in [0.4, 0.5) is 0 Å². The molecule has 0 bridgehead atoms. The molecule has 0 heterocycles. The fourth-order valence-electron chi connectivity index (χ4n) is 3.57. The van der Waals surface area contributed by atoms with E-state index in [-0.39, 0.29) is 32.0 Å². The fourth-order valence-corrected chi connectivity index (χ4v) is 3.75. The second-order valence-corrected chi connectivity index (χ2v) is 10.4. The van der Waals surface area contributed by atoms with Crippen molar-refractivity contribution >= 4 is 23.5 Å². The summed E-state index contributed by atoms with van der Waals surface area (Å²) in [7, 11) is 0. The van der Waals surface area contributed by atoms with Crippen LogP contribution in [-0.2, 0) is 61.7 Å². The smallest absolute Gasteiger partial charge is 0.305 e. The van der Waals surface area contributed by atoms with Gasteiger partial charge in [0.15, 0.2) is 0 Å². The molecule has 0 unspecified atom stereocenters. The van der Waals surface area contributed by atoms with E-state index < -0.39 is 5.97 Å². The molecule has 0 spiro atoms. The molecule has 1 N–H and O–H groups in total. The molecule has 0 radical (unpaired) electrons. The molecular weight excluding hydrogens is 644 g/mol. The zero-order valence-electron chi connectivity index (χ0n) is 28.3. The summed E-state index contributed by atoms with van der Waals surface area (Å²) in [6, 6.07) is 0. The number of ether oxygens (including phenoxy) is 11. The lowest BCUT2D eigenvalue weighted by Crippen LogP contribution is -2.15. The Balaban J connectivity index is 3.09. The van der Waals surface area contributed by atoms with Gasteiger partial charge in [-0.1, -0.05) is 12.8 Å². The Hall–Kier alpha value is -1.17. The van der Waals surface area contributed by atoms with Gasteiger partial charge in [0, 0.05) is 25.3 Å². The second kappa shape index (κ2) is 41.0. The topological polar surface area (TPSA) is 156 Å². The van der Waals surface area contributed by atoms with E-state index in [1.54, 1.807) is 0 Å². The standard InChI is InChI=1S/C32H61ClO14/c33-9-5-1-2-6-10-37-11-12-38-13-14-39-15-16-40-17-18-41-19-20-42-21-22-43-23-24-44-25-26-45-27-28-46-29-30-47-32(36)8-4-3-7-31(34)35/h1-30H2,(H,34,35). The summed E-state index contributed by atoms with van der Waals surface area (Å²) in [4.78, 5) is 21.9. The fraction of sp³-hybridized carbons (Fsp3) is 0.938. The van der Waals surface area contributed by atoms with Gasteiger partial charge in [0.05, 0.1) is 126 Å². The highest BCUT2D eigenvalue weighted by molar-refractivity contribution is 6.17.